The SMILES string of the molecule is CCOC(=O)c1ccc(CC2CCC([C@H](O)c3cccc(Cl)c3)N2C(=O)OC(C)(C)C)cc1. The number of hydrogen-bond acceptors (Lipinski definition) is 5. The number of ether oxygens (including phenoxy) is 2. The zero-order valence-electron chi connectivity index (χ0n) is 19.6. The molecule has 1 N–H and O–H groups in total. The van der Waals surface area contributed by atoms with Gasteiger partial charge in [-0.3, -0.25) is 4.90 Å². The van der Waals surface area contributed by atoms with E-state index in [1.54, 1.807) is 42.2 Å². The van der Waals surface area contributed by atoms with E-state index in [9.17, 15) is 14.7 Å². The van der Waals surface area contributed by atoms with Gasteiger partial charge in [0.1, 0.15) is 5.60 Å². The molecule has 1 fully saturated rings. The van der Waals surface area contributed by atoms with Gasteiger partial charge in [0.2, 0.25) is 0 Å². The fraction of sp³-hybridized carbons (Fsp3) is 0.462. The maximum absolute atomic E-state index is 13.2. The van der Waals surface area contributed by atoms with Gasteiger partial charge in [-0.25, -0.2) is 9.59 Å². The predicted molar refractivity (Wildman–Crippen MR) is 127 cm³/mol. The van der Waals surface area contributed by atoms with E-state index in [-0.39, 0.29) is 12.0 Å². The molecule has 2 aromatic rings. The molecule has 2 aromatic carbocycles. The highest BCUT2D eigenvalue weighted by atomic mass is 35.5. The number of likely N-dealkylation sites (tertiary alicyclic amines) is 1. The van der Waals surface area contributed by atoms with Gasteiger partial charge in [-0.05, 0) is 82.3 Å². The van der Waals surface area contributed by atoms with Crippen molar-refractivity contribution in [2.24, 2.45) is 0 Å². The van der Waals surface area contributed by atoms with Crippen LogP contribution in [0.4, 0.5) is 4.79 Å². The second kappa shape index (κ2) is 10.6. The number of carbonyl (C=O) groups excluding carboxylic acids is 2. The minimum Gasteiger partial charge on any atom is -0.462 e. The van der Waals surface area contributed by atoms with E-state index in [0.29, 0.717) is 35.6 Å². The van der Waals surface area contributed by atoms with Crippen molar-refractivity contribution in [1.82, 2.24) is 4.90 Å². The number of aliphatic hydroxyl groups is 1. The standard InChI is InChI=1S/C26H32ClNO5/c1-5-32-24(30)18-11-9-17(10-12-18)15-21-13-14-22(28(21)25(31)33-26(2,3)4)23(29)19-7-6-8-20(27)16-19/h6-12,16,21-23,29H,5,13-15H2,1-4H3/t21?,22?,23-/m1/s1. The lowest BCUT2D eigenvalue weighted by molar-refractivity contribution is -0.00453. The Kier molecular flexibility index (Phi) is 8.03. The van der Waals surface area contributed by atoms with E-state index in [1.165, 1.54) is 0 Å². The van der Waals surface area contributed by atoms with Crippen molar-refractivity contribution < 1.29 is 24.2 Å². The predicted octanol–water partition coefficient (Wildman–Crippen LogP) is 5.56. The van der Waals surface area contributed by atoms with Gasteiger partial charge in [0.15, 0.2) is 0 Å². The Balaban J connectivity index is 1.82. The normalized spacial score (nSPS) is 19.3. The number of benzene rings is 2. The number of hydrogen-bond donors (Lipinski definition) is 1. The number of esters is 1. The molecule has 0 bridgehead atoms. The van der Waals surface area contributed by atoms with Crippen molar-refractivity contribution >= 4 is 23.7 Å². The molecule has 33 heavy (non-hydrogen) atoms. The van der Waals surface area contributed by atoms with Gasteiger partial charge in [0, 0.05) is 11.1 Å². The molecule has 2 unspecified atom stereocenters. The molecule has 178 valence electrons. The number of amides is 1. The van der Waals surface area contributed by atoms with Crippen LogP contribution in [0.2, 0.25) is 5.02 Å². The van der Waals surface area contributed by atoms with Crippen LogP contribution in [-0.2, 0) is 15.9 Å². The van der Waals surface area contributed by atoms with Crippen molar-refractivity contribution in [1.29, 1.82) is 0 Å². The molecule has 1 aliphatic rings. The van der Waals surface area contributed by atoms with Crippen LogP contribution in [0.5, 0.6) is 0 Å². The van der Waals surface area contributed by atoms with Gasteiger partial charge < -0.3 is 14.6 Å². The van der Waals surface area contributed by atoms with Crippen LogP contribution in [0.25, 0.3) is 0 Å². The Bertz CT molecular complexity index is 969. The Morgan fingerprint density at radius 3 is 2.45 bits per heavy atom. The number of carbonyl (C=O) groups is 2. The summed E-state index contributed by atoms with van der Waals surface area (Å²) < 4.78 is 10.7. The lowest BCUT2D eigenvalue weighted by atomic mass is 10.0. The highest BCUT2D eigenvalue weighted by Gasteiger charge is 2.43. The Labute approximate surface area is 200 Å². The molecule has 0 aromatic heterocycles. The number of aliphatic hydroxyl groups excluding tert-OH is 1. The average molecular weight is 474 g/mol. The Morgan fingerprint density at radius 1 is 1.15 bits per heavy atom. The van der Waals surface area contributed by atoms with Crippen molar-refractivity contribution in [3.05, 3.63) is 70.2 Å². The van der Waals surface area contributed by atoms with E-state index in [2.05, 4.69) is 0 Å². The summed E-state index contributed by atoms with van der Waals surface area (Å²) in [5.41, 5.74) is 1.49. The van der Waals surface area contributed by atoms with E-state index in [1.807, 2.05) is 39.0 Å². The van der Waals surface area contributed by atoms with Gasteiger partial charge in [0.25, 0.3) is 0 Å². The summed E-state index contributed by atoms with van der Waals surface area (Å²) in [6.07, 6.45) is 0.618. The zero-order chi connectivity index (χ0) is 24.2. The second-order valence-corrected chi connectivity index (χ2v) is 9.74. The van der Waals surface area contributed by atoms with E-state index in [4.69, 9.17) is 21.1 Å². The molecule has 1 heterocycles. The minimum atomic E-state index is -0.882. The first kappa shape index (κ1) is 25.1. The second-order valence-electron chi connectivity index (χ2n) is 9.31. The smallest absolute Gasteiger partial charge is 0.410 e. The third kappa shape index (κ3) is 6.49. The first-order valence-corrected chi connectivity index (χ1v) is 11.7. The third-order valence-corrected chi connectivity index (χ3v) is 5.88. The lowest BCUT2D eigenvalue weighted by Gasteiger charge is -2.35. The molecule has 7 heteroatoms. The molecule has 0 spiro atoms. The van der Waals surface area contributed by atoms with Gasteiger partial charge in [-0.1, -0.05) is 35.9 Å². The van der Waals surface area contributed by atoms with Crippen LogP contribution in [0.15, 0.2) is 48.5 Å². The van der Waals surface area contributed by atoms with Gasteiger partial charge in [0.05, 0.1) is 24.3 Å². The van der Waals surface area contributed by atoms with Crippen LogP contribution in [0, 0.1) is 0 Å². The topological polar surface area (TPSA) is 76.1 Å². The highest BCUT2D eigenvalue weighted by Crippen LogP contribution is 2.36. The maximum atomic E-state index is 13.2. The zero-order valence-corrected chi connectivity index (χ0v) is 20.3. The van der Waals surface area contributed by atoms with Crippen LogP contribution < -0.4 is 0 Å². The molecule has 1 saturated heterocycles. The van der Waals surface area contributed by atoms with Gasteiger partial charge >= 0.3 is 12.1 Å². The molecule has 6 nitrogen and oxygen atoms in total. The van der Waals surface area contributed by atoms with Gasteiger partial charge in [-0.2, -0.15) is 0 Å². The molecular formula is C26H32ClNO5. The molecule has 1 aliphatic heterocycles. The maximum Gasteiger partial charge on any atom is 0.410 e. The molecule has 1 amide bonds. The quantitative estimate of drug-likeness (QED) is 0.556. The summed E-state index contributed by atoms with van der Waals surface area (Å²) in [6.45, 7) is 7.57. The minimum absolute atomic E-state index is 0.146. The highest BCUT2D eigenvalue weighted by molar-refractivity contribution is 6.30. The van der Waals surface area contributed by atoms with Crippen LogP contribution >= 0.6 is 11.6 Å². The van der Waals surface area contributed by atoms with Crippen LogP contribution in [-0.4, -0.2) is 46.4 Å². The summed E-state index contributed by atoms with van der Waals surface area (Å²) in [4.78, 5) is 26.8. The molecular weight excluding hydrogens is 442 g/mol. The van der Waals surface area contributed by atoms with Crippen molar-refractivity contribution in [3.63, 3.8) is 0 Å². The Morgan fingerprint density at radius 2 is 1.85 bits per heavy atom. The molecule has 3 rings (SSSR count). The molecule has 0 radical (unpaired) electrons. The lowest BCUT2D eigenvalue weighted by Crippen LogP contribution is -2.47. The number of halogens is 1. The monoisotopic (exact) mass is 473 g/mol. The van der Waals surface area contributed by atoms with Crippen molar-refractivity contribution in [3.8, 4) is 0 Å². The summed E-state index contributed by atoms with van der Waals surface area (Å²) in [7, 11) is 0. The van der Waals surface area contributed by atoms with Crippen molar-refractivity contribution in [2.45, 2.75) is 70.7 Å². The number of rotatable bonds is 6. The van der Waals surface area contributed by atoms with E-state index < -0.39 is 23.8 Å². The first-order chi connectivity index (χ1) is 15.6. The summed E-state index contributed by atoms with van der Waals surface area (Å²) in [5, 5.41) is 11.7. The average Bonchev–Trinajstić information content (AvgIpc) is 3.16. The summed E-state index contributed by atoms with van der Waals surface area (Å²) in [6, 6.07) is 13.7. The first-order valence-electron chi connectivity index (χ1n) is 11.3. The van der Waals surface area contributed by atoms with Crippen molar-refractivity contribution in [2.75, 3.05) is 6.61 Å². The van der Waals surface area contributed by atoms with E-state index in [0.717, 1.165) is 12.0 Å². The van der Waals surface area contributed by atoms with Gasteiger partial charge in [-0.15, -0.1) is 0 Å². The molecule has 0 saturated carbocycles. The fourth-order valence-corrected chi connectivity index (χ4v) is 4.40. The summed E-state index contributed by atoms with van der Waals surface area (Å²) >= 11 is 6.12. The van der Waals surface area contributed by atoms with Crippen LogP contribution in [0.1, 0.15) is 68.1 Å². The third-order valence-electron chi connectivity index (χ3n) is 5.64. The number of nitrogens with zero attached hydrogens (tertiary/aromatic N) is 1. The summed E-state index contributed by atoms with van der Waals surface area (Å²) in [5.74, 6) is -0.356. The molecule has 3 atom stereocenters. The largest absolute Gasteiger partial charge is 0.462 e. The molecule has 0 aliphatic carbocycles. The van der Waals surface area contributed by atoms with E-state index >= 15 is 0 Å². The fourth-order valence-electron chi connectivity index (χ4n) is 4.20. The van der Waals surface area contributed by atoms with Crippen LogP contribution in [0.3, 0.4) is 0 Å². The Hall–Kier alpha value is -2.57.